The molecule has 0 radical (unpaired) electrons. The second-order valence-corrected chi connectivity index (χ2v) is 5.04. The standard InChI is InChI=1S/C13H22N4O/c1-9-5-3-4-6-10(9)7-15-13-11(18-2)12(14)16-8-17-13/h8-10H,3-7H2,1-2H3,(H3,14,15,16,17). The first kappa shape index (κ1) is 12.9. The summed E-state index contributed by atoms with van der Waals surface area (Å²) < 4.78 is 5.23. The van der Waals surface area contributed by atoms with E-state index in [0.717, 1.165) is 12.5 Å². The zero-order valence-electron chi connectivity index (χ0n) is 11.1. The van der Waals surface area contributed by atoms with Crippen LogP contribution in [0.1, 0.15) is 32.6 Å². The van der Waals surface area contributed by atoms with Crippen LogP contribution < -0.4 is 15.8 Å². The van der Waals surface area contributed by atoms with Crippen LogP contribution in [-0.4, -0.2) is 23.6 Å². The lowest BCUT2D eigenvalue weighted by Crippen LogP contribution is -2.25. The van der Waals surface area contributed by atoms with E-state index in [9.17, 15) is 0 Å². The van der Waals surface area contributed by atoms with E-state index in [4.69, 9.17) is 10.5 Å². The van der Waals surface area contributed by atoms with Gasteiger partial charge in [0.2, 0.25) is 5.75 Å². The van der Waals surface area contributed by atoms with E-state index in [0.29, 0.717) is 23.3 Å². The van der Waals surface area contributed by atoms with Crippen LogP contribution in [0.25, 0.3) is 0 Å². The summed E-state index contributed by atoms with van der Waals surface area (Å²) in [7, 11) is 1.59. The maximum atomic E-state index is 5.75. The van der Waals surface area contributed by atoms with Gasteiger partial charge in [-0.25, -0.2) is 9.97 Å². The van der Waals surface area contributed by atoms with Crippen LogP contribution in [0.2, 0.25) is 0 Å². The second-order valence-electron chi connectivity index (χ2n) is 5.04. The molecule has 0 bridgehead atoms. The van der Waals surface area contributed by atoms with Crippen molar-refractivity contribution in [3.8, 4) is 5.75 Å². The molecular weight excluding hydrogens is 228 g/mol. The van der Waals surface area contributed by atoms with Crippen molar-refractivity contribution in [2.75, 3.05) is 24.7 Å². The fraction of sp³-hybridized carbons (Fsp3) is 0.692. The fourth-order valence-electron chi connectivity index (χ4n) is 2.64. The van der Waals surface area contributed by atoms with Crippen molar-refractivity contribution in [1.29, 1.82) is 0 Å². The molecule has 0 spiro atoms. The normalized spacial score (nSPS) is 23.7. The monoisotopic (exact) mass is 250 g/mol. The van der Waals surface area contributed by atoms with Crippen molar-refractivity contribution in [2.24, 2.45) is 11.8 Å². The topological polar surface area (TPSA) is 73.1 Å². The fourth-order valence-corrected chi connectivity index (χ4v) is 2.64. The average Bonchev–Trinajstić information content (AvgIpc) is 2.38. The lowest BCUT2D eigenvalue weighted by molar-refractivity contribution is 0.268. The molecule has 5 heteroatoms. The van der Waals surface area contributed by atoms with Gasteiger partial charge in [-0.05, 0) is 18.3 Å². The molecule has 1 aliphatic carbocycles. The number of rotatable bonds is 4. The molecule has 100 valence electrons. The molecule has 1 fully saturated rings. The number of nitrogens with zero attached hydrogens (tertiary/aromatic N) is 2. The highest BCUT2D eigenvalue weighted by atomic mass is 16.5. The van der Waals surface area contributed by atoms with E-state index in [1.807, 2.05) is 0 Å². The number of aromatic nitrogens is 2. The molecule has 1 saturated carbocycles. The summed E-state index contributed by atoms with van der Waals surface area (Å²) in [5.74, 6) is 3.10. The molecular formula is C13H22N4O. The van der Waals surface area contributed by atoms with Crippen molar-refractivity contribution in [2.45, 2.75) is 32.6 Å². The number of hydrogen-bond acceptors (Lipinski definition) is 5. The summed E-state index contributed by atoms with van der Waals surface area (Å²) in [6.07, 6.45) is 6.78. The molecule has 3 N–H and O–H groups in total. The molecule has 2 rings (SSSR count). The maximum absolute atomic E-state index is 5.75. The van der Waals surface area contributed by atoms with Gasteiger partial charge in [-0.2, -0.15) is 0 Å². The largest absolute Gasteiger partial charge is 0.490 e. The van der Waals surface area contributed by atoms with Gasteiger partial charge in [-0.1, -0.05) is 26.2 Å². The average molecular weight is 250 g/mol. The van der Waals surface area contributed by atoms with Crippen LogP contribution in [-0.2, 0) is 0 Å². The summed E-state index contributed by atoms with van der Waals surface area (Å²) >= 11 is 0. The lowest BCUT2D eigenvalue weighted by atomic mass is 9.80. The minimum Gasteiger partial charge on any atom is -0.490 e. The smallest absolute Gasteiger partial charge is 0.203 e. The summed E-state index contributed by atoms with van der Waals surface area (Å²) in [5, 5.41) is 3.35. The Labute approximate surface area is 108 Å². The maximum Gasteiger partial charge on any atom is 0.203 e. The van der Waals surface area contributed by atoms with E-state index in [1.54, 1.807) is 7.11 Å². The molecule has 0 aromatic carbocycles. The Hall–Kier alpha value is -1.52. The first-order valence-electron chi connectivity index (χ1n) is 6.60. The van der Waals surface area contributed by atoms with Crippen LogP contribution >= 0.6 is 0 Å². The summed E-state index contributed by atoms with van der Waals surface area (Å²) in [6.45, 7) is 3.26. The third-order valence-corrected chi connectivity index (χ3v) is 3.86. The minimum atomic E-state index is 0.381. The first-order valence-corrected chi connectivity index (χ1v) is 6.60. The molecule has 18 heavy (non-hydrogen) atoms. The highest BCUT2D eigenvalue weighted by molar-refractivity contribution is 5.61. The molecule has 1 aliphatic rings. The summed E-state index contributed by atoms with van der Waals surface area (Å²) in [4.78, 5) is 8.11. The molecule has 2 atom stereocenters. The Balaban J connectivity index is 1.99. The Morgan fingerprint density at radius 1 is 1.39 bits per heavy atom. The van der Waals surface area contributed by atoms with Gasteiger partial charge in [0.1, 0.15) is 6.33 Å². The van der Waals surface area contributed by atoms with Gasteiger partial charge in [0.05, 0.1) is 7.11 Å². The van der Waals surface area contributed by atoms with Crippen LogP contribution in [0.15, 0.2) is 6.33 Å². The van der Waals surface area contributed by atoms with Crippen LogP contribution in [0.4, 0.5) is 11.6 Å². The number of nitrogens with one attached hydrogen (secondary N) is 1. The highest BCUT2D eigenvalue weighted by Gasteiger charge is 2.21. The molecule has 2 unspecified atom stereocenters. The van der Waals surface area contributed by atoms with Gasteiger partial charge in [0.15, 0.2) is 11.6 Å². The minimum absolute atomic E-state index is 0.381. The quantitative estimate of drug-likeness (QED) is 0.857. The van der Waals surface area contributed by atoms with Crippen LogP contribution in [0.5, 0.6) is 5.75 Å². The molecule has 1 aromatic rings. The number of nitrogens with two attached hydrogens (primary N) is 1. The Bertz CT molecular complexity index is 397. The lowest BCUT2D eigenvalue weighted by Gasteiger charge is -2.29. The Morgan fingerprint density at radius 3 is 2.89 bits per heavy atom. The number of anilines is 2. The Kier molecular flexibility index (Phi) is 4.23. The molecule has 5 nitrogen and oxygen atoms in total. The van der Waals surface area contributed by atoms with Gasteiger partial charge in [0, 0.05) is 6.54 Å². The van der Waals surface area contributed by atoms with Gasteiger partial charge in [0.25, 0.3) is 0 Å². The second kappa shape index (κ2) is 5.89. The molecule has 0 aliphatic heterocycles. The first-order chi connectivity index (χ1) is 8.72. The van der Waals surface area contributed by atoms with Gasteiger partial charge in [-0.15, -0.1) is 0 Å². The van der Waals surface area contributed by atoms with Crippen LogP contribution in [0.3, 0.4) is 0 Å². The number of ether oxygens (including phenoxy) is 1. The summed E-state index contributed by atoms with van der Waals surface area (Å²) in [6, 6.07) is 0. The zero-order chi connectivity index (χ0) is 13.0. The van der Waals surface area contributed by atoms with Crippen LogP contribution in [0, 0.1) is 11.8 Å². The number of nitrogen functional groups attached to an aromatic ring is 1. The summed E-state index contributed by atoms with van der Waals surface area (Å²) in [5.41, 5.74) is 5.75. The molecule has 0 amide bonds. The van der Waals surface area contributed by atoms with Gasteiger partial charge < -0.3 is 15.8 Å². The number of methoxy groups -OCH3 is 1. The van der Waals surface area contributed by atoms with Crippen molar-refractivity contribution in [3.05, 3.63) is 6.33 Å². The molecule has 1 aromatic heterocycles. The van der Waals surface area contributed by atoms with Gasteiger partial charge >= 0.3 is 0 Å². The third-order valence-electron chi connectivity index (χ3n) is 3.86. The molecule has 0 saturated heterocycles. The van der Waals surface area contributed by atoms with Crippen molar-refractivity contribution in [1.82, 2.24) is 9.97 Å². The SMILES string of the molecule is COc1c(N)ncnc1NCC1CCCCC1C. The van der Waals surface area contributed by atoms with Gasteiger partial charge in [-0.3, -0.25) is 0 Å². The highest BCUT2D eigenvalue weighted by Crippen LogP contribution is 2.31. The van der Waals surface area contributed by atoms with Crippen molar-refractivity contribution in [3.63, 3.8) is 0 Å². The van der Waals surface area contributed by atoms with E-state index in [1.165, 1.54) is 32.0 Å². The van der Waals surface area contributed by atoms with E-state index in [-0.39, 0.29) is 0 Å². The van der Waals surface area contributed by atoms with Crippen molar-refractivity contribution < 1.29 is 4.74 Å². The predicted molar refractivity (Wildman–Crippen MR) is 72.6 cm³/mol. The van der Waals surface area contributed by atoms with E-state index < -0.39 is 0 Å². The Morgan fingerprint density at radius 2 is 2.17 bits per heavy atom. The van der Waals surface area contributed by atoms with E-state index >= 15 is 0 Å². The number of hydrogen-bond donors (Lipinski definition) is 2. The zero-order valence-corrected chi connectivity index (χ0v) is 11.1. The van der Waals surface area contributed by atoms with E-state index in [2.05, 4.69) is 22.2 Å². The van der Waals surface area contributed by atoms with Crippen molar-refractivity contribution >= 4 is 11.6 Å². The molecule has 1 heterocycles. The predicted octanol–water partition coefficient (Wildman–Crippen LogP) is 2.31. The third kappa shape index (κ3) is 2.83.